The Labute approximate surface area is 139 Å². The zero-order valence-corrected chi connectivity index (χ0v) is 13.7. The average molecular weight is 335 g/mol. The Morgan fingerprint density at radius 1 is 1.13 bits per heavy atom. The Kier molecular flexibility index (Phi) is 6.40. The molecule has 2 rings (SSSR count). The van der Waals surface area contributed by atoms with Crippen LogP contribution in [0.1, 0.15) is 12.5 Å². The molecule has 1 aliphatic heterocycles. The molecule has 1 aromatic rings. The average Bonchev–Trinajstić information content (AvgIpc) is 2.45. The van der Waals surface area contributed by atoms with Crippen LogP contribution in [0.25, 0.3) is 6.08 Å². The van der Waals surface area contributed by atoms with E-state index in [9.17, 15) is 14.4 Å². The number of carbonyl (C=O) groups excluding carboxylic acids is 3. The smallest absolute Gasteiger partial charge is 0.263 e. The molecule has 0 atom stereocenters. The van der Waals surface area contributed by atoms with Gasteiger partial charge in [-0.2, -0.15) is 0 Å². The van der Waals surface area contributed by atoms with Gasteiger partial charge >= 0.3 is 0 Å². The SMILES string of the molecule is CC(=O)N(C)C.O=C1NC(=S)NC(=O)C1=Cc1ccc(O)cc1. The van der Waals surface area contributed by atoms with Crippen molar-refractivity contribution in [2.75, 3.05) is 14.1 Å². The van der Waals surface area contributed by atoms with Gasteiger partial charge in [0, 0.05) is 21.0 Å². The lowest BCUT2D eigenvalue weighted by molar-refractivity contribution is -0.126. The zero-order valence-electron chi connectivity index (χ0n) is 12.9. The maximum atomic E-state index is 11.5. The molecular weight excluding hydrogens is 318 g/mol. The molecule has 0 saturated carbocycles. The molecule has 23 heavy (non-hydrogen) atoms. The Morgan fingerprint density at radius 2 is 1.57 bits per heavy atom. The summed E-state index contributed by atoms with van der Waals surface area (Å²) in [5.41, 5.74) is 0.611. The molecule has 0 radical (unpaired) electrons. The Hall–Kier alpha value is -2.74. The van der Waals surface area contributed by atoms with E-state index in [1.807, 2.05) is 0 Å². The number of nitrogens with one attached hydrogen (secondary N) is 2. The number of nitrogens with zero attached hydrogens (tertiary/aromatic N) is 1. The second-order valence-electron chi connectivity index (χ2n) is 4.80. The van der Waals surface area contributed by atoms with Crippen LogP contribution in [-0.4, -0.2) is 46.9 Å². The maximum absolute atomic E-state index is 11.5. The van der Waals surface area contributed by atoms with Gasteiger partial charge in [-0.05, 0) is 36.0 Å². The van der Waals surface area contributed by atoms with Crippen molar-refractivity contribution in [1.82, 2.24) is 15.5 Å². The number of thiocarbonyl (C=S) groups is 1. The van der Waals surface area contributed by atoms with Crippen molar-refractivity contribution in [3.63, 3.8) is 0 Å². The molecule has 0 unspecified atom stereocenters. The normalized spacial score (nSPS) is 13.3. The van der Waals surface area contributed by atoms with E-state index < -0.39 is 11.8 Å². The third-order valence-corrected chi connectivity index (χ3v) is 2.98. The van der Waals surface area contributed by atoms with Gasteiger partial charge in [0.2, 0.25) is 5.91 Å². The van der Waals surface area contributed by atoms with Crippen molar-refractivity contribution in [1.29, 1.82) is 0 Å². The fourth-order valence-electron chi connectivity index (χ4n) is 1.34. The lowest BCUT2D eigenvalue weighted by Gasteiger charge is -2.16. The standard InChI is InChI=1S/C11H8N2O3S.C4H9NO/c14-7-3-1-6(2-4-7)5-8-9(15)12-11(17)13-10(8)16;1-4(6)5(2)3/h1-5,14H,(H2,12,13,15,16,17);1-3H3. The predicted molar refractivity (Wildman–Crippen MR) is 89.3 cm³/mol. The topological polar surface area (TPSA) is 98.7 Å². The number of aromatic hydroxyl groups is 1. The second kappa shape index (κ2) is 8.04. The lowest BCUT2D eigenvalue weighted by Crippen LogP contribution is -2.51. The van der Waals surface area contributed by atoms with Gasteiger partial charge < -0.3 is 10.0 Å². The van der Waals surface area contributed by atoms with Crippen molar-refractivity contribution in [2.45, 2.75) is 6.92 Å². The molecule has 0 aromatic heterocycles. The van der Waals surface area contributed by atoms with Crippen LogP contribution in [0.3, 0.4) is 0 Å². The number of amides is 3. The maximum Gasteiger partial charge on any atom is 0.263 e. The highest BCUT2D eigenvalue weighted by Gasteiger charge is 2.25. The minimum absolute atomic E-state index is 0.00264. The quantitative estimate of drug-likeness (QED) is 0.392. The van der Waals surface area contributed by atoms with Gasteiger partial charge in [-0.15, -0.1) is 0 Å². The van der Waals surface area contributed by atoms with E-state index in [1.165, 1.54) is 30.0 Å². The lowest BCUT2D eigenvalue weighted by atomic mass is 10.1. The first-order valence-electron chi connectivity index (χ1n) is 6.56. The minimum Gasteiger partial charge on any atom is -0.508 e. The zero-order chi connectivity index (χ0) is 17.6. The molecule has 1 heterocycles. The fraction of sp³-hybridized carbons (Fsp3) is 0.200. The van der Waals surface area contributed by atoms with Crippen LogP contribution < -0.4 is 10.6 Å². The molecule has 8 heteroatoms. The molecular formula is C15H17N3O4S. The molecule has 122 valence electrons. The fourth-order valence-corrected chi connectivity index (χ4v) is 1.53. The third kappa shape index (κ3) is 5.87. The van der Waals surface area contributed by atoms with E-state index in [0.29, 0.717) is 5.56 Å². The van der Waals surface area contributed by atoms with Gasteiger partial charge in [0.25, 0.3) is 11.8 Å². The molecule has 1 aromatic carbocycles. The first kappa shape index (κ1) is 18.3. The first-order valence-corrected chi connectivity index (χ1v) is 6.97. The van der Waals surface area contributed by atoms with Gasteiger partial charge in [0.05, 0.1) is 0 Å². The summed E-state index contributed by atoms with van der Waals surface area (Å²) in [6, 6.07) is 6.12. The van der Waals surface area contributed by atoms with Gasteiger partial charge in [-0.3, -0.25) is 25.0 Å². The summed E-state index contributed by atoms with van der Waals surface area (Å²) in [6.45, 7) is 1.53. The molecule has 3 N–H and O–H groups in total. The Morgan fingerprint density at radius 3 is 1.96 bits per heavy atom. The van der Waals surface area contributed by atoms with Crippen LogP contribution in [0.5, 0.6) is 5.75 Å². The largest absolute Gasteiger partial charge is 0.508 e. The second-order valence-corrected chi connectivity index (χ2v) is 5.21. The monoisotopic (exact) mass is 335 g/mol. The van der Waals surface area contributed by atoms with Crippen LogP contribution >= 0.6 is 12.2 Å². The van der Waals surface area contributed by atoms with Crippen molar-refractivity contribution in [3.05, 3.63) is 35.4 Å². The van der Waals surface area contributed by atoms with Crippen LogP contribution in [0, 0.1) is 0 Å². The first-order chi connectivity index (χ1) is 10.7. The molecule has 0 bridgehead atoms. The summed E-state index contributed by atoms with van der Waals surface area (Å²) >= 11 is 4.67. The summed E-state index contributed by atoms with van der Waals surface area (Å²) in [7, 11) is 3.45. The number of phenols is 1. The van der Waals surface area contributed by atoms with E-state index in [1.54, 1.807) is 26.2 Å². The molecule has 1 fully saturated rings. The van der Waals surface area contributed by atoms with E-state index in [4.69, 9.17) is 5.11 Å². The molecule has 3 amide bonds. The number of benzene rings is 1. The van der Waals surface area contributed by atoms with Gasteiger partial charge in [0.15, 0.2) is 5.11 Å². The highest BCUT2D eigenvalue weighted by Crippen LogP contribution is 2.13. The van der Waals surface area contributed by atoms with Crippen molar-refractivity contribution >= 4 is 41.1 Å². The highest BCUT2D eigenvalue weighted by atomic mass is 32.1. The number of hydrogen-bond donors (Lipinski definition) is 3. The number of phenolic OH excluding ortho intramolecular Hbond substituents is 1. The third-order valence-electron chi connectivity index (χ3n) is 2.78. The van der Waals surface area contributed by atoms with Crippen molar-refractivity contribution < 1.29 is 19.5 Å². The molecule has 1 aliphatic rings. The van der Waals surface area contributed by atoms with Crippen molar-refractivity contribution in [2.24, 2.45) is 0 Å². The van der Waals surface area contributed by atoms with Crippen LogP contribution in [0.2, 0.25) is 0 Å². The summed E-state index contributed by atoms with van der Waals surface area (Å²) < 4.78 is 0. The summed E-state index contributed by atoms with van der Waals surface area (Å²) in [5, 5.41) is 13.8. The van der Waals surface area contributed by atoms with E-state index >= 15 is 0 Å². The van der Waals surface area contributed by atoms with E-state index in [-0.39, 0.29) is 22.3 Å². The summed E-state index contributed by atoms with van der Waals surface area (Å²) in [4.78, 5) is 34.6. The van der Waals surface area contributed by atoms with Crippen LogP contribution in [0.4, 0.5) is 0 Å². The Balaban J connectivity index is 0.000000379. The predicted octanol–water partition coefficient (Wildman–Crippen LogP) is 0.401. The molecule has 1 saturated heterocycles. The van der Waals surface area contributed by atoms with Crippen LogP contribution in [-0.2, 0) is 14.4 Å². The highest BCUT2D eigenvalue weighted by molar-refractivity contribution is 7.80. The van der Waals surface area contributed by atoms with Crippen molar-refractivity contribution in [3.8, 4) is 5.75 Å². The van der Waals surface area contributed by atoms with E-state index in [2.05, 4.69) is 22.9 Å². The number of rotatable bonds is 1. The summed E-state index contributed by atoms with van der Waals surface area (Å²) in [6.07, 6.45) is 1.42. The number of hydrogen-bond acceptors (Lipinski definition) is 5. The van der Waals surface area contributed by atoms with Gasteiger partial charge in [0.1, 0.15) is 11.3 Å². The molecule has 7 nitrogen and oxygen atoms in total. The van der Waals surface area contributed by atoms with Crippen LogP contribution in [0.15, 0.2) is 29.8 Å². The number of carbonyl (C=O) groups is 3. The van der Waals surface area contributed by atoms with Gasteiger partial charge in [-0.1, -0.05) is 12.1 Å². The van der Waals surface area contributed by atoms with E-state index in [0.717, 1.165) is 0 Å². The van der Waals surface area contributed by atoms with Gasteiger partial charge in [-0.25, -0.2) is 0 Å². The summed E-state index contributed by atoms with van der Waals surface area (Å²) in [5.74, 6) is -0.862. The minimum atomic E-state index is -0.535. The molecule has 0 spiro atoms. The Bertz CT molecular complexity index is 644. The molecule has 0 aliphatic carbocycles.